The topological polar surface area (TPSA) is 20.2 Å². The number of hydrogen-bond donors (Lipinski definition) is 1. The summed E-state index contributed by atoms with van der Waals surface area (Å²) >= 11 is 1.70. The molecule has 0 amide bonds. The zero-order valence-corrected chi connectivity index (χ0v) is 12.4. The lowest BCUT2D eigenvalue weighted by Crippen LogP contribution is -1.87. The van der Waals surface area contributed by atoms with Gasteiger partial charge in [0.25, 0.3) is 0 Å². The molecule has 0 spiro atoms. The maximum absolute atomic E-state index is 9.29. The van der Waals surface area contributed by atoms with E-state index in [1.54, 1.807) is 23.9 Å². The maximum atomic E-state index is 9.29. The van der Waals surface area contributed by atoms with Crippen LogP contribution < -0.4 is 0 Å². The van der Waals surface area contributed by atoms with E-state index in [2.05, 4.69) is 48.5 Å². The lowest BCUT2D eigenvalue weighted by molar-refractivity contribution is 0.475. The molecule has 3 aromatic carbocycles. The third-order valence-corrected chi connectivity index (χ3v) is 4.26. The van der Waals surface area contributed by atoms with Crippen molar-refractivity contribution in [3.05, 3.63) is 90.0 Å². The van der Waals surface area contributed by atoms with Gasteiger partial charge in [-0.15, -0.1) is 0 Å². The minimum Gasteiger partial charge on any atom is -0.508 e. The number of hydrogen-bond acceptors (Lipinski definition) is 2. The minimum absolute atomic E-state index is 0.303. The quantitative estimate of drug-likeness (QED) is 0.719. The van der Waals surface area contributed by atoms with Crippen LogP contribution in [0.15, 0.2) is 88.7 Å². The summed E-state index contributed by atoms with van der Waals surface area (Å²) in [6.45, 7) is 0. The summed E-state index contributed by atoms with van der Waals surface area (Å²) < 4.78 is 0. The number of phenols is 1. The van der Waals surface area contributed by atoms with Crippen LogP contribution in [-0.2, 0) is 6.42 Å². The lowest BCUT2D eigenvalue weighted by Gasteiger charge is -2.05. The van der Waals surface area contributed by atoms with E-state index in [1.807, 2.05) is 18.2 Å². The molecule has 0 radical (unpaired) electrons. The Balaban J connectivity index is 1.68. The van der Waals surface area contributed by atoms with E-state index in [4.69, 9.17) is 0 Å². The first-order valence-corrected chi connectivity index (χ1v) is 7.71. The Morgan fingerprint density at radius 3 is 1.76 bits per heavy atom. The van der Waals surface area contributed by atoms with Crippen molar-refractivity contribution < 1.29 is 5.11 Å². The van der Waals surface area contributed by atoms with Gasteiger partial charge in [0.2, 0.25) is 0 Å². The van der Waals surface area contributed by atoms with Gasteiger partial charge < -0.3 is 5.11 Å². The van der Waals surface area contributed by atoms with Crippen molar-refractivity contribution >= 4 is 11.8 Å². The van der Waals surface area contributed by atoms with Crippen LogP contribution in [0.5, 0.6) is 5.75 Å². The summed E-state index contributed by atoms with van der Waals surface area (Å²) in [6.07, 6.45) is 0.963. The van der Waals surface area contributed by atoms with Crippen molar-refractivity contribution in [2.45, 2.75) is 16.2 Å². The molecule has 1 nitrogen and oxygen atoms in total. The lowest BCUT2D eigenvalue weighted by atomic mass is 10.1. The highest BCUT2D eigenvalue weighted by Gasteiger charge is 2.00. The minimum atomic E-state index is 0.303. The first-order valence-electron chi connectivity index (χ1n) is 6.89. The van der Waals surface area contributed by atoms with Crippen LogP contribution in [0.4, 0.5) is 0 Å². The molecule has 21 heavy (non-hydrogen) atoms. The van der Waals surface area contributed by atoms with E-state index < -0.39 is 0 Å². The highest BCUT2D eigenvalue weighted by molar-refractivity contribution is 7.99. The van der Waals surface area contributed by atoms with Crippen molar-refractivity contribution in [1.82, 2.24) is 0 Å². The summed E-state index contributed by atoms with van der Waals surface area (Å²) in [7, 11) is 0. The molecule has 3 aromatic rings. The van der Waals surface area contributed by atoms with Gasteiger partial charge in [-0.05, 0) is 53.9 Å². The molecule has 0 aromatic heterocycles. The standard InChI is InChI=1S/C19H16OS/c20-17-8-12-19(13-9-17)21-18-10-6-16(7-11-18)14-15-4-2-1-3-5-15/h1-13,20H,14H2. The molecule has 1 N–H and O–H groups in total. The second-order valence-corrected chi connectivity index (χ2v) is 6.05. The average Bonchev–Trinajstić information content (AvgIpc) is 2.53. The highest BCUT2D eigenvalue weighted by atomic mass is 32.2. The van der Waals surface area contributed by atoms with E-state index in [0.717, 1.165) is 11.3 Å². The van der Waals surface area contributed by atoms with Gasteiger partial charge in [-0.25, -0.2) is 0 Å². The van der Waals surface area contributed by atoms with Crippen LogP contribution >= 0.6 is 11.8 Å². The molecule has 3 rings (SSSR count). The fourth-order valence-electron chi connectivity index (χ4n) is 2.16. The summed E-state index contributed by atoms with van der Waals surface area (Å²) in [5.74, 6) is 0.303. The monoisotopic (exact) mass is 292 g/mol. The summed E-state index contributed by atoms with van der Waals surface area (Å²) in [6, 6.07) is 26.4. The second kappa shape index (κ2) is 6.51. The van der Waals surface area contributed by atoms with Crippen LogP contribution in [-0.4, -0.2) is 5.11 Å². The Bertz CT molecular complexity index is 688. The molecule has 0 atom stereocenters. The molecule has 0 aliphatic carbocycles. The summed E-state index contributed by atoms with van der Waals surface area (Å²) in [4.78, 5) is 2.33. The number of phenolic OH excluding ortho intramolecular Hbond substituents is 1. The second-order valence-electron chi connectivity index (χ2n) is 4.90. The van der Waals surface area contributed by atoms with E-state index in [1.165, 1.54) is 16.0 Å². The highest BCUT2D eigenvalue weighted by Crippen LogP contribution is 2.29. The third-order valence-electron chi connectivity index (χ3n) is 3.25. The van der Waals surface area contributed by atoms with Crippen LogP contribution in [0.3, 0.4) is 0 Å². The molecule has 2 heteroatoms. The summed E-state index contributed by atoms with van der Waals surface area (Å²) in [5.41, 5.74) is 2.65. The van der Waals surface area contributed by atoms with Gasteiger partial charge >= 0.3 is 0 Å². The van der Waals surface area contributed by atoms with Crippen molar-refractivity contribution in [1.29, 1.82) is 0 Å². The zero-order valence-electron chi connectivity index (χ0n) is 11.6. The van der Waals surface area contributed by atoms with Crippen LogP contribution in [0.2, 0.25) is 0 Å². The first kappa shape index (κ1) is 13.8. The fraction of sp³-hybridized carbons (Fsp3) is 0.0526. The van der Waals surface area contributed by atoms with Crippen LogP contribution in [0, 0.1) is 0 Å². The number of benzene rings is 3. The normalized spacial score (nSPS) is 10.5. The third kappa shape index (κ3) is 3.89. The van der Waals surface area contributed by atoms with Crippen molar-refractivity contribution in [2.24, 2.45) is 0 Å². The summed E-state index contributed by atoms with van der Waals surface area (Å²) in [5, 5.41) is 9.29. The molecular formula is C19H16OS. The fourth-order valence-corrected chi connectivity index (χ4v) is 2.97. The van der Waals surface area contributed by atoms with Crippen LogP contribution in [0.1, 0.15) is 11.1 Å². The molecule has 0 unspecified atom stereocenters. The smallest absolute Gasteiger partial charge is 0.115 e. The molecule has 0 aliphatic heterocycles. The van der Waals surface area contributed by atoms with Crippen molar-refractivity contribution in [3.8, 4) is 5.75 Å². The van der Waals surface area contributed by atoms with Gasteiger partial charge in [-0.2, -0.15) is 0 Å². The Labute approximate surface area is 129 Å². The van der Waals surface area contributed by atoms with Gasteiger partial charge in [0, 0.05) is 9.79 Å². The van der Waals surface area contributed by atoms with Gasteiger partial charge in [-0.1, -0.05) is 54.2 Å². The SMILES string of the molecule is Oc1ccc(Sc2ccc(Cc3ccccc3)cc2)cc1. The molecule has 0 bridgehead atoms. The molecular weight excluding hydrogens is 276 g/mol. The molecule has 0 aliphatic rings. The maximum Gasteiger partial charge on any atom is 0.115 e. The Kier molecular flexibility index (Phi) is 4.27. The molecule has 0 saturated carbocycles. The Morgan fingerprint density at radius 1 is 0.619 bits per heavy atom. The van der Waals surface area contributed by atoms with E-state index in [-0.39, 0.29) is 0 Å². The van der Waals surface area contributed by atoms with Crippen molar-refractivity contribution in [2.75, 3.05) is 0 Å². The van der Waals surface area contributed by atoms with Gasteiger partial charge in [0.15, 0.2) is 0 Å². The first-order chi connectivity index (χ1) is 10.3. The molecule has 0 fully saturated rings. The largest absolute Gasteiger partial charge is 0.508 e. The van der Waals surface area contributed by atoms with E-state index in [9.17, 15) is 5.11 Å². The average molecular weight is 292 g/mol. The van der Waals surface area contributed by atoms with Gasteiger partial charge in [-0.3, -0.25) is 0 Å². The van der Waals surface area contributed by atoms with Gasteiger partial charge in [0.05, 0.1) is 0 Å². The molecule has 0 heterocycles. The Hall–Kier alpha value is -2.19. The number of aromatic hydroxyl groups is 1. The molecule has 104 valence electrons. The van der Waals surface area contributed by atoms with Crippen LogP contribution in [0.25, 0.3) is 0 Å². The van der Waals surface area contributed by atoms with Crippen molar-refractivity contribution in [3.63, 3.8) is 0 Å². The molecule has 0 saturated heterocycles. The Morgan fingerprint density at radius 2 is 1.14 bits per heavy atom. The zero-order chi connectivity index (χ0) is 14.5. The van der Waals surface area contributed by atoms with E-state index in [0.29, 0.717) is 5.75 Å². The van der Waals surface area contributed by atoms with E-state index >= 15 is 0 Å². The predicted molar refractivity (Wildman–Crippen MR) is 87.9 cm³/mol. The van der Waals surface area contributed by atoms with Gasteiger partial charge in [0.1, 0.15) is 5.75 Å². The number of rotatable bonds is 4. The predicted octanol–water partition coefficient (Wildman–Crippen LogP) is 5.13.